The Kier molecular flexibility index (Phi) is 12.9. The van der Waals surface area contributed by atoms with E-state index in [4.69, 9.17) is 0 Å². The van der Waals surface area contributed by atoms with Gasteiger partial charge in [-0.1, -0.05) is 0 Å². The topological polar surface area (TPSA) is 21.8 Å². The number of likely N-dealkylation sites (N-methyl/N-ethyl adjacent to an activating group) is 2. The Hall–Kier alpha value is 0.354. The van der Waals surface area contributed by atoms with E-state index in [2.05, 4.69) is 83.6 Å². The molecule has 1 aromatic carbocycles. The van der Waals surface area contributed by atoms with Gasteiger partial charge in [0.2, 0.25) is 0 Å². The average molecular weight is 394 g/mol. The van der Waals surface area contributed by atoms with Crippen LogP contribution in [0.2, 0.25) is 0 Å². The molecule has 1 aliphatic rings. The first-order chi connectivity index (χ1) is 10.2. The molecule has 0 radical (unpaired) electrons. The molecule has 1 aliphatic heterocycles. The number of rotatable bonds is 1. The molecule has 1 N–H and O–H groups in total. The average Bonchev–Trinajstić information content (AvgIpc) is 2.50. The summed E-state index contributed by atoms with van der Waals surface area (Å²) in [5, 5.41) is 3.63. The first-order valence-electron chi connectivity index (χ1n) is 7.77. The molecular formula is C16H27Cl2N4Ti. The number of halogens is 2. The minimum absolute atomic E-state index is 0. The number of hydrogen-bond donors (Lipinski definition) is 1. The minimum Gasteiger partial charge on any atom is -1.00 e. The zero-order valence-electron chi connectivity index (χ0n) is 14.0. The second-order valence-corrected chi connectivity index (χ2v) is 6.83. The largest absolute Gasteiger partial charge is 1.00 e. The summed E-state index contributed by atoms with van der Waals surface area (Å²) < 4.78 is 2.48. The van der Waals surface area contributed by atoms with Crippen molar-refractivity contribution in [1.29, 1.82) is 0 Å². The summed E-state index contributed by atoms with van der Waals surface area (Å²) in [5.74, 6) is 0. The van der Waals surface area contributed by atoms with E-state index in [0.29, 0.717) is 6.04 Å². The third kappa shape index (κ3) is 8.32. The van der Waals surface area contributed by atoms with Gasteiger partial charge >= 0.3 is 141 Å². The summed E-state index contributed by atoms with van der Waals surface area (Å²) in [4.78, 5) is 4.84. The monoisotopic (exact) mass is 393 g/mol. The fourth-order valence-corrected chi connectivity index (χ4v) is 3.12. The van der Waals surface area contributed by atoms with E-state index in [-0.39, 0.29) is 24.8 Å². The fourth-order valence-electron chi connectivity index (χ4n) is 2.59. The van der Waals surface area contributed by atoms with Crippen LogP contribution >= 0.6 is 0 Å². The first kappa shape index (κ1) is 23.4. The molecule has 1 fully saturated rings. The van der Waals surface area contributed by atoms with Crippen LogP contribution in [0.4, 0.5) is 0 Å². The maximum Gasteiger partial charge on any atom is -1.00 e. The molecule has 129 valence electrons. The van der Waals surface area contributed by atoms with Crippen LogP contribution in [0.3, 0.4) is 0 Å². The van der Waals surface area contributed by atoms with Crippen molar-refractivity contribution < 1.29 is 45.5 Å². The molecule has 4 nitrogen and oxygen atoms in total. The number of nitrogens with zero attached hydrogens (tertiary/aromatic N) is 3. The zero-order chi connectivity index (χ0) is 15.1. The Balaban J connectivity index is 0.00000242. The molecule has 1 saturated heterocycles. The normalized spacial score (nSPS) is 23.0. The van der Waals surface area contributed by atoms with Crippen LogP contribution in [-0.4, -0.2) is 73.1 Å². The van der Waals surface area contributed by atoms with Crippen LogP contribution in [0.5, 0.6) is 0 Å². The Morgan fingerprint density at radius 3 is 2.13 bits per heavy atom. The van der Waals surface area contributed by atoms with E-state index >= 15 is 0 Å². The third-order valence-corrected chi connectivity index (χ3v) is 4.99. The molecule has 0 amide bonds. The molecule has 0 aliphatic carbocycles. The van der Waals surface area contributed by atoms with E-state index in [1.54, 1.807) is 0 Å². The van der Waals surface area contributed by atoms with Crippen LogP contribution < -0.4 is 30.1 Å². The van der Waals surface area contributed by atoms with Crippen molar-refractivity contribution in [3.63, 3.8) is 0 Å². The van der Waals surface area contributed by atoms with E-state index < -0.39 is 0 Å². The van der Waals surface area contributed by atoms with E-state index in [1.807, 2.05) is 0 Å². The summed E-state index contributed by atoms with van der Waals surface area (Å²) in [6.45, 7) is 7.67. The van der Waals surface area contributed by atoms with Gasteiger partial charge in [-0.25, -0.2) is 0 Å². The van der Waals surface area contributed by atoms with E-state index in [0.717, 1.165) is 45.8 Å². The molecule has 1 unspecified atom stereocenters. The number of hydrogen-bond acceptors (Lipinski definition) is 4. The summed E-state index contributed by atoms with van der Waals surface area (Å²) >= 11 is 2.24. The maximum atomic E-state index is 3.63. The summed E-state index contributed by atoms with van der Waals surface area (Å²) in [7, 11) is 4.44. The summed E-state index contributed by atoms with van der Waals surface area (Å²) in [6.07, 6.45) is 0. The van der Waals surface area contributed by atoms with Crippen LogP contribution in [-0.2, 0) is 20.7 Å². The van der Waals surface area contributed by atoms with Crippen molar-refractivity contribution in [3.05, 3.63) is 35.9 Å². The number of benzene rings is 1. The van der Waals surface area contributed by atoms with Crippen LogP contribution in [0, 0.1) is 0 Å². The third-order valence-electron chi connectivity index (χ3n) is 4.15. The van der Waals surface area contributed by atoms with Gasteiger partial charge in [-0.05, 0) is 0 Å². The van der Waals surface area contributed by atoms with E-state index in [1.165, 1.54) is 5.56 Å². The molecule has 7 heteroatoms. The second kappa shape index (κ2) is 12.7. The van der Waals surface area contributed by atoms with Gasteiger partial charge in [0.1, 0.15) is 0 Å². The van der Waals surface area contributed by atoms with Crippen molar-refractivity contribution in [2.75, 3.05) is 59.9 Å². The first-order valence-corrected chi connectivity index (χ1v) is 8.47. The Morgan fingerprint density at radius 1 is 0.913 bits per heavy atom. The van der Waals surface area contributed by atoms with Gasteiger partial charge in [-0.3, -0.25) is 0 Å². The van der Waals surface area contributed by atoms with Gasteiger partial charge < -0.3 is 24.8 Å². The molecule has 0 bridgehead atoms. The molecule has 0 spiro atoms. The molecule has 2 rings (SSSR count). The smallest absolute Gasteiger partial charge is 1.00 e. The SMILES string of the molecule is CN1CCNCC(c2ccccc2)[N]([Ti+2])CCN(C)CC1.[Cl-].[Cl-]. The molecule has 1 aromatic rings. The molecule has 0 saturated carbocycles. The van der Waals surface area contributed by atoms with Gasteiger partial charge in [0.05, 0.1) is 0 Å². The zero-order valence-corrected chi connectivity index (χ0v) is 17.1. The number of nitrogens with one attached hydrogen (secondary N) is 1. The minimum atomic E-state index is 0. The second-order valence-electron chi connectivity index (χ2n) is 5.93. The quantitative estimate of drug-likeness (QED) is 0.482. The molecule has 1 atom stereocenters. The molecule has 1 heterocycles. The standard InChI is InChI=1S/C16H27N4.2ClH.Ti/c1-19-10-8-17-14-16(15-6-4-3-5-7-15)18-9-11-20(2)13-12-19;;;/h3-7,16-17H,8-14H2,1-2H3;2*1H;/q-1;;;+3/p-2. The Bertz CT molecular complexity index is 410. The van der Waals surface area contributed by atoms with Gasteiger partial charge in [0, 0.05) is 0 Å². The summed E-state index contributed by atoms with van der Waals surface area (Å²) in [5.41, 5.74) is 1.40. The van der Waals surface area contributed by atoms with Gasteiger partial charge in [0.15, 0.2) is 0 Å². The predicted molar refractivity (Wildman–Crippen MR) is 83.8 cm³/mol. The van der Waals surface area contributed by atoms with Crippen molar-refractivity contribution in [2.24, 2.45) is 0 Å². The van der Waals surface area contributed by atoms with Gasteiger partial charge in [-0.2, -0.15) is 0 Å². The summed E-state index contributed by atoms with van der Waals surface area (Å²) in [6, 6.07) is 11.3. The van der Waals surface area contributed by atoms with Crippen molar-refractivity contribution in [3.8, 4) is 0 Å². The maximum absolute atomic E-state index is 3.63. The van der Waals surface area contributed by atoms with Crippen LogP contribution in [0.15, 0.2) is 30.3 Å². The van der Waals surface area contributed by atoms with E-state index in [9.17, 15) is 0 Å². The van der Waals surface area contributed by atoms with Crippen LogP contribution in [0.1, 0.15) is 11.6 Å². The fraction of sp³-hybridized carbons (Fsp3) is 0.625. The predicted octanol–water partition coefficient (Wildman–Crippen LogP) is -5.03. The Labute approximate surface area is 165 Å². The molecule has 23 heavy (non-hydrogen) atoms. The van der Waals surface area contributed by atoms with Crippen molar-refractivity contribution >= 4 is 0 Å². The van der Waals surface area contributed by atoms with Crippen molar-refractivity contribution in [2.45, 2.75) is 6.04 Å². The van der Waals surface area contributed by atoms with Gasteiger partial charge in [0.25, 0.3) is 0 Å². The van der Waals surface area contributed by atoms with Crippen molar-refractivity contribution in [1.82, 2.24) is 18.5 Å². The molecular weight excluding hydrogens is 367 g/mol. The molecule has 0 aromatic heterocycles. The Morgan fingerprint density at radius 2 is 1.48 bits per heavy atom. The van der Waals surface area contributed by atoms with Crippen LogP contribution in [0.25, 0.3) is 0 Å². The van der Waals surface area contributed by atoms with Gasteiger partial charge in [-0.15, -0.1) is 0 Å².